The third-order valence-electron chi connectivity index (χ3n) is 11.8. The monoisotopic (exact) mass is 1130 g/mol. The van der Waals surface area contributed by atoms with Crippen LogP contribution in [0, 0.1) is 20.8 Å². The quantitative estimate of drug-likeness (QED) is 0.0223. The van der Waals surface area contributed by atoms with Crippen LogP contribution in [-0.4, -0.2) is 70.3 Å². The summed E-state index contributed by atoms with van der Waals surface area (Å²) in [6.07, 6.45) is 0.765. The van der Waals surface area contributed by atoms with E-state index in [2.05, 4.69) is 66.3 Å². The molecule has 0 amide bonds. The second kappa shape index (κ2) is 23.1. The number of hydrogen-bond donors (Lipinski definition) is 0. The number of fused-ring (bicyclic) bond motifs is 1. The molecule has 0 aliphatic heterocycles. The molecule has 0 aliphatic rings. The molecule has 0 bridgehead atoms. The Morgan fingerprint density at radius 2 is 1.55 bits per heavy atom. The standard InChI is InChI=1S/C53H61BrCl2N2O10S2Si/c1-13-25-62-29-38(30-64-70(60,61)39-22-19-32(2)20-23-39)65-47-45(55)33(3)42(34(4)46(47)56)43-44-49(57-31-58-50(44)69-48(43)54)66-41(51(59)67-52(5,6)7)27-36-26-37(68-71(11,12)53(8,9)10)21-24-40(36)63-28-35-17-15-14-16-18-35/h13-24,26,31,38,41H,1,25,27-30H2,2-12H3. The first-order valence-corrected chi connectivity index (χ1v) is 29.6. The summed E-state index contributed by atoms with van der Waals surface area (Å²) in [4.78, 5) is 24.2. The second-order valence-corrected chi connectivity index (χ2v) is 29.0. The summed E-state index contributed by atoms with van der Waals surface area (Å²) in [5.74, 6) is 0.798. The first-order valence-electron chi connectivity index (χ1n) is 22.9. The number of carbonyl (C=O) groups excluding carboxylic acids is 1. The maximum absolute atomic E-state index is 14.4. The van der Waals surface area contributed by atoms with Gasteiger partial charge in [-0.1, -0.05) is 98.1 Å². The molecule has 2 atom stereocenters. The van der Waals surface area contributed by atoms with E-state index >= 15 is 0 Å². The van der Waals surface area contributed by atoms with Gasteiger partial charge in [-0.2, -0.15) is 8.42 Å². The SMILES string of the molecule is C=CCOCC(COS(=O)(=O)c1ccc(C)cc1)Oc1c(Cl)c(C)c(-c2c(Br)sc3ncnc(OC(Cc4cc(O[Si](C)(C)C(C)(C)C)ccc4OCc4ccccc4)C(=O)OC(C)(C)C)c23)c(C)c1Cl. The number of aryl methyl sites for hydroxylation is 1. The van der Waals surface area contributed by atoms with Crippen LogP contribution in [0.25, 0.3) is 21.3 Å². The Morgan fingerprint density at radius 1 is 0.887 bits per heavy atom. The van der Waals surface area contributed by atoms with Crippen LogP contribution in [0.4, 0.5) is 0 Å². The summed E-state index contributed by atoms with van der Waals surface area (Å²) in [7, 11) is -6.44. The van der Waals surface area contributed by atoms with Gasteiger partial charge in [0.15, 0.2) is 5.75 Å². The van der Waals surface area contributed by atoms with E-state index in [-0.39, 0.29) is 57.8 Å². The molecule has 2 heterocycles. The van der Waals surface area contributed by atoms with Gasteiger partial charge in [-0.25, -0.2) is 14.8 Å². The lowest BCUT2D eigenvalue weighted by Crippen LogP contribution is -2.43. The Kier molecular flexibility index (Phi) is 18.2. The fourth-order valence-corrected chi connectivity index (χ4v) is 11.3. The van der Waals surface area contributed by atoms with Crippen LogP contribution in [0.15, 0.2) is 100 Å². The normalized spacial score (nSPS) is 13.2. The highest BCUT2D eigenvalue weighted by atomic mass is 79.9. The highest BCUT2D eigenvalue weighted by molar-refractivity contribution is 9.11. The van der Waals surface area contributed by atoms with Gasteiger partial charge in [-0.15, -0.1) is 17.9 Å². The predicted octanol–water partition coefficient (Wildman–Crippen LogP) is 14.0. The van der Waals surface area contributed by atoms with Crippen LogP contribution in [0.5, 0.6) is 23.1 Å². The number of esters is 1. The van der Waals surface area contributed by atoms with Crippen molar-refractivity contribution >= 4 is 85.1 Å². The molecule has 0 aliphatic carbocycles. The Bertz CT molecular complexity index is 2950. The number of halogens is 3. The third kappa shape index (κ3) is 14.0. The molecule has 71 heavy (non-hydrogen) atoms. The van der Waals surface area contributed by atoms with Gasteiger partial charge >= 0.3 is 5.97 Å². The number of hydrogen-bond acceptors (Lipinski definition) is 13. The summed E-state index contributed by atoms with van der Waals surface area (Å²) in [6.45, 7) is 25.4. The number of thiophene rings is 1. The molecule has 18 heteroatoms. The Hall–Kier alpha value is -4.52. The molecule has 2 unspecified atom stereocenters. The number of aromatic nitrogens is 2. The zero-order valence-electron chi connectivity index (χ0n) is 41.9. The van der Waals surface area contributed by atoms with Gasteiger partial charge in [0.25, 0.3) is 10.1 Å². The van der Waals surface area contributed by atoms with E-state index in [1.165, 1.54) is 29.8 Å². The lowest BCUT2D eigenvalue weighted by atomic mass is 9.95. The number of nitrogens with zero attached hydrogens (tertiary/aromatic N) is 2. The smallest absolute Gasteiger partial charge is 0.348 e. The van der Waals surface area contributed by atoms with E-state index in [0.29, 0.717) is 53.3 Å². The van der Waals surface area contributed by atoms with Crippen LogP contribution in [0.1, 0.15) is 69.4 Å². The van der Waals surface area contributed by atoms with Gasteiger partial charge < -0.3 is 28.1 Å². The molecule has 0 fully saturated rings. The van der Waals surface area contributed by atoms with Crippen LogP contribution >= 0.6 is 50.5 Å². The van der Waals surface area contributed by atoms with E-state index < -0.39 is 48.8 Å². The van der Waals surface area contributed by atoms with Gasteiger partial charge in [0, 0.05) is 17.5 Å². The van der Waals surface area contributed by atoms with E-state index in [0.717, 1.165) is 11.1 Å². The minimum Gasteiger partial charge on any atom is -0.543 e. The lowest BCUT2D eigenvalue weighted by molar-refractivity contribution is -0.163. The van der Waals surface area contributed by atoms with Crippen molar-refractivity contribution in [3.63, 3.8) is 0 Å². The minimum atomic E-state index is -4.16. The third-order valence-corrected chi connectivity index (χ3v) is 20.1. The second-order valence-electron chi connectivity index (χ2n) is 19.6. The van der Waals surface area contributed by atoms with Gasteiger partial charge in [0.1, 0.15) is 47.6 Å². The Balaban J connectivity index is 1.40. The first kappa shape index (κ1) is 55.8. The fraction of sp³-hybridized carbons (Fsp3) is 0.377. The predicted molar refractivity (Wildman–Crippen MR) is 289 cm³/mol. The maximum atomic E-state index is 14.4. The lowest BCUT2D eigenvalue weighted by Gasteiger charge is -2.36. The van der Waals surface area contributed by atoms with Crippen molar-refractivity contribution in [2.24, 2.45) is 0 Å². The van der Waals surface area contributed by atoms with E-state index in [4.69, 9.17) is 55.5 Å². The van der Waals surface area contributed by atoms with E-state index in [1.807, 2.05) is 69.3 Å². The molecule has 12 nitrogen and oxygen atoms in total. The molecule has 0 saturated heterocycles. The summed E-state index contributed by atoms with van der Waals surface area (Å²) < 4.78 is 70.7. The van der Waals surface area contributed by atoms with Crippen LogP contribution in [0.3, 0.4) is 0 Å². The summed E-state index contributed by atoms with van der Waals surface area (Å²) in [6, 6.07) is 21.8. The molecule has 4 aromatic carbocycles. The maximum Gasteiger partial charge on any atom is 0.348 e. The van der Waals surface area contributed by atoms with Crippen molar-refractivity contribution in [3.8, 4) is 34.3 Å². The zero-order valence-corrected chi connectivity index (χ0v) is 47.6. The van der Waals surface area contributed by atoms with Crippen molar-refractivity contribution < 1.29 is 45.5 Å². The van der Waals surface area contributed by atoms with Crippen molar-refractivity contribution in [2.45, 2.75) is 116 Å². The molecule has 6 aromatic rings. The number of carbonyl (C=O) groups is 1. The van der Waals surface area contributed by atoms with Gasteiger partial charge in [0.05, 0.1) is 37.3 Å². The van der Waals surface area contributed by atoms with Crippen molar-refractivity contribution in [3.05, 3.63) is 133 Å². The van der Waals surface area contributed by atoms with Crippen molar-refractivity contribution in [2.75, 3.05) is 19.8 Å². The zero-order chi connectivity index (χ0) is 52.1. The van der Waals surface area contributed by atoms with E-state index in [1.54, 1.807) is 39.0 Å². The van der Waals surface area contributed by atoms with Crippen LogP contribution in [0.2, 0.25) is 28.2 Å². The minimum absolute atomic E-state index is 0.00206. The molecule has 0 N–H and O–H groups in total. The van der Waals surface area contributed by atoms with Crippen molar-refractivity contribution in [1.82, 2.24) is 9.97 Å². The van der Waals surface area contributed by atoms with E-state index in [9.17, 15) is 13.2 Å². The highest BCUT2D eigenvalue weighted by Crippen LogP contribution is 2.52. The average Bonchev–Trinajstić information content (AvgIpc) is 3.63. The summed E-state index contributed by atoms with van der Waals surface area (Å²) >= 11 is 19.5. The van der Waals surface area contributed by atoms with Gasteiger partial charge in [-0.05, 0) is 128 Å². The number of ether oxygens (including phenoxy) is 5. The molecular weight excluding hydrogens is 1070 g/mol. The Morgan fingerprint density at radius 3 is 2.17 bits per heavy atom. The molecule has 0 spiro atoms. The van der Waals surface area contributed by atoms with Crippen LogP contribution in [-0.2, 0) is 41.6 Å². The molecular formula is C53H61BrCl2N2O10S2Si. The van der Waals surface area contributed by atoms with Gasteiger partial charge in [0.2, 0.25) is 20.3 Å². The highest BCUT2D eigenvalue weighted by Gasteiger charge is 2.39. The summed E-state index contributed by atoms with van der Waals surface area (Å²) in [5.41, 5.74) is 4.06. The number of rotatable bonds is 21. The van der Waals surface area contributed by atoms with Gasteiger partial charge in [-0.3, -0.25) is 4.18 Å². The topological polar surface area (TPSA) is 142 Å². The molecule has 6 rings (SSSR count). The number of benzene rings is 4. The molecule has 2 aromatic heterocycles. The van der Waals surface area contributed by atoms with Crippen LogP contribution < -0.4 is 18.6 Å². The molecule has 0 radical (unpaired) electrons. The Labute approximate surface area is 441 Å². The largest absolute Gasteiger partial charge is 0.543 e. The van der Waals surface area contributed by atoms with Crippen molar-refractivity contribution in [1.29, 1.82) is 0 Å². The molecule has 380 valence electrons. The average molecular weight is 1130 g/mol. The first-order chi connectivity index (χ1) is 33.3. The fourth-order valence-electron chi connectivity index (χ4n) is 7.09. The summed E-state index contributed by atoms with van der Waals surface area (Å²) in [5, 5.41) is 0.731. The molecule has 0 saturated carbocycles.